The fourth-order valence-electron chi connectivity index (χ4n) is 2.48. The molecule has 2 heterocycles. The largest absolute Gasteiger partial charge is 0.478 e. The second-order valence-corrected chi connectivity index (χ2v) is 7.01. The van der Waals surface area contributed by atoms with Crippen molar-refractivity contribution in [2.45, 2.75) is 38.5 Å². The summed E-state index contributed by atoms with van der Waals surface area (Å²) in [6.45, 7) is 7.92. The summed E-state index contributed by atoms with van der Waals surface area (Å²) in [6.07, 6.45) is 4.07. The molecule has 0 spiro atoms. The molecule has 1 aliphatic rings. The van der Waals surface area contributed by atoms with Crippen LogP contribution in [0.4, 0.5) is 0 Å². The highest BCUT2D eigenvalue weighted by atomic mass is 32.2. The van der Waals surface area contributed by atoms with E-state index in [9.17, 15) is 0 Å². The molecule has 0 aromatic carbocycles. The van der Waals surface area contributed by atoms with Gasteiger partial charge in [0.25, 0.3) is 0 Å². The summed E-state index contributed by atoms with van der Waals surface area (Å²) in [5.41, 5.74) is 1.13. The first kappa shape index (κ1) is 17.9. The first-order chi connectivity index (χ1) is 11.3. The van der Waals surface area contributed by atoms with Gasteiger partial charge >= 0.3 is 0 Å². The fraction of sp³-hybridized carbons (Fsp3) is 0.647. The van der Waals surface area contributed by atoms with E-state index >= 15 is 0 Å². The van der Waals surface area contributed by atoms with E-state index in [0.29, 0.717) is 17.7 Å². The van der Waals surface area contributed by atoms with E-state index in [0.717, 1.165) is 37.6 Å². The molecule has 128 valence electrons. The van der Waals surface area contributed by atoms with Gasteiger partial charge in [-0.25, -0.2) is 4.98 Å². The minimum Gasteiger partial charge on any atom is -0.478 e. The van der Waals surface area contributed by atoms with Crippen molar-refractivity contribution in [1.29, 1.82) is 0 Å². The van der Waals surface area contributed by atoms with E-state index in [1.807, 2.05) is 19.3 Å². The lowest BCUT2D eigenvalue weighted by Crippen LogP contribution is -2.47. The molecule has 1 aliphatic heterocycles. The zero-order valence-electron chi connectivity index (χ0n) is 14.4. The molecule has 1 atom stereocenters. The molecule has 0 saturated carbocycles. The second-order valence-electron chi connectivity index (χ2n) is 5.60. The maximum absolute atomic E-state index is 5.51. The molecule has 1 N–H and O–H groups in total. The molecule has 23 heavy (non-hydrogen) atoms. The minimum atomic E-state index is 0.693. The Bertz CT molecular complexity index is 492. The molecule has 1 saturated heterocycles. The van der Waals surface area contributed by atoms with Crippen LogP contribution in [0.3, 0.4) is 0 Å². The van der Waals surface area contributed by atoms with Crippen molar-refractivity contribution in [3.8, 4) is 5.88 Å². The number of aliphatic imine (C=N–C) groups is 1. The third-order valence-electron chi connectivity index (χ3n) is 3.81. The van der Waals surface area contributed by atoms with E-state index in [1.54, 1.807) is 0 Å². The summed E-state index contributed by atoms with van der Waals surface area (Å²) >= 11 is 2.07. The SMILES string of the molecule is CCCOc1ccc(CNC(=NC)N2CCSC(CC)C2)cn1. The highest BCUT2D eigenvalue weighted by Crippen LogP contribution is 2.21. The van der Waals surface area contributed by atoms with Crippen molar-refractivity contribution >= 4 is 17.7 Å². The maximum Gasteiger partial charge on any atom is 0.213 e. The minimum absolute atomic E-state index is 0.693. The van der Waals surface area contributed by atoms with Gasteiger partial charge in [0, 0.05) is 49.9 Å². The number of pyridine rings is 1. The summed E-state index contributed by atoms with van der Waals surface area (Å²) in [5.74, 6) is 2.85. The van der Waals surface area contributed by atoms with Crippen molar-refractivity contribution in [1.82, 2.24) is 15.2 Å². The lowest BCUT2D eigenvalue weighted by atomic mass is 10.3. The van der Waals surface area contributed by atoms with Crippen LogP contribution in [0.1, 0.15) is 32.3 Å². The van der Waals surface area contributed by atoms with Crippen molar-refractivity contribution < 1.29 is 4.74 Å². The first-order valence-electron chi connectivity index (χ1n) is 8.41. The maximum atomic E-state index is 5.51. The Hall–Kier alpha value is -1.43. The molecule has 0 aliphatic carbocycles. The van der Waals surface area contributed by atoms with Crippen LogP contribution < -0.4 is 10.1 Å². The lowest BCUT2D eigenvalue weighted by molar-refractivity contribution is 0.305. The van der Waals surface area contributed by atoms with Crippen molar-refractivity contribution in [3.63, 3.8) is 0 Å². The normalized spacial score (nSPS) is 18.8. The van der Waals surface area contributed by atoms with Gasteiger partial charge in [0.05, 0.1) is 6.61 Å². The highest BCUT2D eigenvalue weighted by molar-refractivity contribution is 8.00. The first-order valence-corrected chi connectivity index (χ1v) is 9.46. The second kappa shape index (κ2) is 9.65. The Labute approximate surface area is 143 Å². The Morgan fingerprint density at radius 2 is 2.35 bits per heavy atom. The molecule has 0 amide bonds. The average Bonchev–Trinajstić information content (AvgIpc) is 2.61. The highest BCUT2D eigenvalue weighted by Gasteiger charge is 2.21. The topological polar surface area (TPSA) is 49.8 Å². The molecule has 1 fully saturated rings. The number of rotatable bonds is 6. The molecule has 1 aromatic rings. The van der Waals surface area contributed by atoms with Gasteiger partial charge in [-0.05, 0) is 18.4 Å². The van der Waals surface area contributed by atoms with E-state index in [-0.39, 0.29) is 0 Å². The molecule has 1 aromatic heterocycles. The van der Waals surface area contributed by atoms with Crippen LogP contribution in [0.2, 0.25) is 0 Å². The average molecular weight is 337 g/mol. The van der Waals surface area contributed by atoms with E-state index < -0.39 is 0 Å². The lowest BCUT2D eigenvalue weighted by Gasteiger charge is -2.34. The molecule has 6 heteroatoms. The third-order valence-corrected chi connectivity index (χ3v) is 5.18. The smallest absolute Gasteiger partial charge is 0.213 e. The van der Waals surface area contributed by atoms with Crippen LogP contribution in [0, 0.1) is 0 Å². The van der Waals surface area contributed by atoms with E-state index in [1.165, 1.54) is 12.2 Å². The van der Waals surface area contributed by atoms with Gasteiger partial charge in [0.2, 0.25) is 5.88 Å². The Morgan fingerprint density at radius 3 is 3.00 bits per heavy atom. The summed E-state index contributed by atoms with van der Waals surface area (Å²) in [4.78, 5) is 11.1. The van der Waals surface area contributed by atoms with Crippen LogP contribution in [0.5, 0.6) is 5.88 Å². The Morgan fingerprint density at radius 1 is 1.48 bits per heavy atom. The predicted octanol–water partition coefficient (Wildman–Crippen LogP) is 2.77. The molecule has 0 bridgehead atoms. The summed E-state index contributed by atoms with van der Waals surface area (Å²) in [5, 5.41) is 4.16. The summed E-state index contributed by atoms with van der Waals surface area (Å²) in [6, 6.07) is 3.99. The molecule has 1 unspecified atom stereocenters. The van der Waals surface area contributed by atoms with Crippen molar-refractivity contribution in [2.24, 2.45) is 4.99 Å². The molecule has 2 rings (SSSR count). The number of nitrogens with one attached hydrogen (secondary N) is 1. The fourth-order valence-corrected chi connectivity index (χ4v) is 3.66. The number of aromatic nitrogens is 1. The summed E-state index contributed by atoms with van der Waals surface area (Å²) in [7, 11) is 1.85. The van der Waals surface area contributed by atoms with Crippen molar-refractivity contribution in [3.05, 3.63) is 23.9 Å². The standard InChI is InChI=1S/C17H28N4OS/c1-4-9-22-16-7-6-14(11-19-16)12-20-17(18-3)21-8-10-23-15(5-2)13-21/h6-7,11,15H,4-5,8-10,12-13H2,1-3H3,(H,18,20). The van der Waals surface area contributed by atoms with Gasteiger partial charge in [-0.2, -0.15) is 11.8 Å². The monoisotopic (exact) mass is 336 g/mol. The van der Waals surface area contributed by atoms with Gasteiger partial charge in [-0.3, -0.25) is 4.99 Å². The van der Waals surface area contributed by atoms with Crippen LogP contribution >= 0.6 is 11.8 Å². The third kappa shape index (κ3) is 5.61. The zero-order valence-corrected chi connectivity index (χ0v) is 15.2. The van der Waals surface area contributed by atoms with E-state index in [2.05, 4.69) is 51.9 Å². The molecule has 5 nitrogen and oxygen atoms in total. The quantitative estimate of drug-likeness (QED) is 0.639. The zero-order chi connectivity index (χ0) is 16.5. The van der Waals surface area contributed by atoms with Crippen LogP contribution in [-0.2, 0) is 6.54 Å². The van der Waals surface area contributed by atoms with E-state index in [4.69, 9.17) is 4.74 Å². The van der Waals surface area contributed by atoms with Crippen molar-refractivity contribution in [2.75, 3.05) is 32.5 Å². The number of hydrogen-bond acceptors (Lipinski definition) is 4. The predicted molar refractivity (Wildman–Crippen MR) is 98.3 cm³/mol. The summed E-state index contributed by atoms with van der Waals surface area (Å²) < 4.78 is 5.51. The number of hydrogen-bond donors (Lipinski definition) is 1. The Kier molecular flexibility index (Phi) is 7.52. The van der Waals surface area contributed by atoms with Crippen LogP contribution in [-0.4, -0.2) is 53.6 Å². The van der Waals surface area contributed by atoms with Gasteiger partial charge in [-0.1, -0.05) is 19.9 Å². The van der Waals surface area contributed by atoms with Crippen LogP contribution in [0.25, 0.3) is 0 Å². The number of thioether (sulfide) groups is 1. The van der Waals surface area contributed by atoms with Gasteiger partial charge in [0.15, 0.2) is 5.96 Å². The molecular formula is C17H28N4OS. The number of guanidine groups is 1. The Balaban J connectivity index is 1.85. The van der Waals surface area contributed by atoms with Gasteiger partial charge in [-0.15, -0.1) is 0 Å². The number of ether oxygens (including phenoxy) is 1. The van der Waals surface area contributed by atoms with Gasteiger partial charge < -0.3 is 15.0 Å². The molecular weight excluding hydrogens is 308 g/mol. The van der Waals surface area contributed by atoms with Crippen LogP contribution in [0.15, 0.2) is 23.3 Å². The number of nitrogens with zero attached hydrogens (tertiary/aromatic N) is 3. The molecule has 0 radical (unpaired) electrons. The van der Waals surface area contributed by atoms with Gasteiger partial charge in [0.1, 0.15) is 0 Å².